The standard InChI is InChI=1S/C21H25N3O3/c22-23-13-17(25)11-16(10-14-6-2-1-3-7-14)21(27)24-20-18-9-5-4-8-15(18)12-19(20)26/h1-9,16-17,19-20,22,25-26H,10-13H2,(H,24,27)/t16-,17+,19-,20?/m1/s1. The highest BCUT2D eigenvalue weighted by Gasteiger charge is 2.34. The third-order valence-corrected chi connectivity index (χ3v) is 5.06. The molecule has 3 rings (SSSR count). The number of fused-ring (bicyclic) bond motifs is 1. The lowest BCUT2D eigenvalue weighted by molar-refractivity contribution is -0.127. The van der Waals surface area contributed by atoms with Crippen molar-refractivity contribution in [3.05, 3.63) is 71.3 Å². The fourth-order valence-corrected chi connectivity index (χ4v) is 3.71. The summed E-state index contributed by atoms with van der Waals surface area (Å²) in [6.45, 7) is -0.0204. The van der Waals surface area contributed by atoms with E-state index in [-0.39, 0.29) is 18.9 Å². The lowest BCUT2D eigenvalue weighted by Crippen LogP contribution is -2.39. The number of carbonyl (C=O) groups is 1. The second kappa shape index (κ2) is 8.88. The minimum atomic E-state index is -0.845. The van der Waals surface area contributed by atoms with E-state index < -0.39 is 24.2 Å². The lowest BCUT2D eigenvalue weighted by Gasteiger charge is -2.24. The van der Waals surface area contributed by atoms with Crippen LogP contribution in [0.1, 0.15) is 29.2 Å². The van der Waals surface area contributed by atoms with E-state index in [0.717, 1.165) is 16.7 Å². The zero-order chi connectivity index (χ0) is 19.2. The Bertz CT molecular complexity index is 781. The van der Waals surface area contributed by atoms with Crippen molar-refractivity contribution in [2.45, 2.75) is 37.5 Å². The van der Waals surface area contributed by atoms with Crippen LogP contribution in [0.5, 0.6) is 0 Å². The van der Waals surface area contributed by atoms with Crippen LogP contribution in [0.3, 0.4) is 0 Å². The van der Waals surface area contributed by atoms with Gasteiger partial charge in [-0.15, -0.1) is 0 Å². The van der Waals surface area contributed by atoms with Gasteiger partial charge in [-0.25, -0.2) is 5.53 Å². The van der Waals surface area contributed by atoms with Crippen LogP contribution in [0.2, 0.25) is 0 Å². The Morgan fingerprint density at radius 3 is 2.63 bits per heavy atom. The van der Waals surface area contributed by atoms with Crippen molar-refractivity contribution in [2.24, 2.45) is 11.0 Å². The molecule has 1 unspecified atom stereocenters. The summed E-state index contributed by atoms with van der Waals surface area (Å²) in [6.07, 6.45) is -0.287. The van der Waals surface area contributed by atoms with Gasteiger partial charge in [0.2, 0.25) is 5.91 Å². The molecule has 2 aromatic carbocycles. The Balaban J connectivity index is 1.75. The molecule has 0 spiro atoms. The second-order valence-corrected chi connectivity index (χ2v) is 7.07. The molecule has 1 aliphatic rings. The van der Waals surface area contributed by atoms with Crippen LogP contribution in [-0.2, 0) is 17.6 Å². The number of nitrogens with one attached hydrogen (secondary N) is 2. The van der Waals surface area contributed by atoms with E-state index in [0.29, 0.717) is 12.8 Å². The van der Waals surface area contributed by atoms with Crippen LogP contribution in [0.4, 0.5) is 0 Å². The smallest absolute Gasteiger partial charge is 0.224 e. The molecule has 27 heavy (non-hydrogen) atoms. The topological polar surface area (TPSA) is 106 Å². The Morgan fingerprint density at radius 1 is 1.19 bits per heavy atom. The average molecular weight is 367 g/mol. The van der Waals surface area contributed by atoms with E-state index >= 15 is 0 Å². The van der Waals surface area contributed by atoms with Gasteiger partial charge in [-0.3, -0.25) is 4.79 Å². The summed E-state index contributed by atoms with van der Waals surface area (Å²) in [6, 6.07) is 16.9. The van der Waals surface area contributed by atoms with E-state index in [1.54, 1.807) is 0 Å². The lowest BCUT2D eigenvalue weighted by atomic mass is 9.92. The maximum absolute atomic E-state index is 13.0. The Labute approximate surface area is 158 Å². The number of amides is 1. The maximum Gasteiger partial charge on any atom is 0.224 e. The van der Waals surface area contributed by atoms with E-state index in [1.165, 1.54) is 0 Å². The third kappa shape index (κ3) is 4.78. The van der Waals surface area contributed by atoms with E-state index in [4.69, 9.17) is 5.53 Å². The first kappa shape index (κ1) is 19.2. The number of hydrogen-bond donors (Lipinski definition) is 4. The van der Waals surface area contributed by atoms with Gasteiger partial charge in [0.15, 0.2) is 0 Å². The van der Waals surface area contributed by atoms with Crippen molar-refractivity contribution in [1.82, 2.24) is 5.32 Å². The molecule has 0 radical (unpaired) electrons. The van der Waals surface area contributed by atoms with Crippen molar-refractivity contribution < 1.29 is 15.0 Å². The Kier molecular flexibility index (Phi) is 6.32. The van der Waals surface area contributed by atoms with Gasteiger partial charge < -0.3 is 15.5 Å². The largest absolute Gasteiger partial charge is 0.391 e. The van der Waals surface area contributed by atoms with Crippen LogP contribution in [0.25, 0.3) is 0 Å². The SMILES string of the molecule is N=NC[C@@H](O)C[C@@H](Cc1ccccc1)C(=O)NC1c2ccccc2C[C@H]1O. The summed E-state index contributed by atoms with van der Waals surface area (Å²) in [5.74, 6) is -0.673. The minimum absolute atomic E-state index is 0.0204. The van der Waals surface area contributed by atoms with Gasteiger partial charge in [0.1, 0.15) is 0 Å². The molecule has 142 valence electrons. The maximum atomic E-state index is 13.0. The molecule has 1 amide bonds. The number of rotatable bonds is 8. The number of hydrogen-bond acceptors (Lipinski definition) is 5. The van der Waals surface area contributed by atoms with Gasteiger partial charge in [-0.05, 0) is 29.5 Å². The molecule has 1 aliphatic carbocycles. The van der Waals surface area contributed by atoms with Crippen molar-refractivity contribution in [1.29, 1.82) is 5.53 Å². The molecule has 4 atom stereocenters. The molecular formula is C21H25N3O3. The van der Waals surface area contributed by atoms with E-state index in [2.05, 4.69) is 10.4 Å². The molecule has 0 bridgehead atoms. The van der Waals surface area contributed by atoms with Crippen LogP contribution >= 0.6 is 0 Å². The molecule has 0 saturated carbocycles. The quantitative estimate of drug-likeness (QED) is 0.538. The molecule has 6 heteroatoms. The van der Waals surface area contributed by atoms with Crippen molar-refractivity contribution in [3.8, 4) is 0 Å². The summed E-state index contributed by atoms with van der Waals surface area (Å²) in [5, 5.41) is 26.7. The highest BCUT2D eigenvalue weighted by atomic mass is 16.3. The highest BCUT2D eigenvalue weighted by molar-refractivity contribution is 5.79. The molecule has 0 saturated heterocycles. The van der Waals surface area contributed by atoms with Crippen molar-refractivity contribution in [3.63, 3.8) is 0 Å². The first-order chi connectivity index (χ1) is 13.1. The van der Waals surface area contributed by atoms with E-state index in [1.807, 2.05) is 54.6 Å². The predicted molar refractivity (Wildman–Crippen MR) is 101 cm³/mol. The second-order valence-electron chi connectivity index (χ2n) is 7.07. The summed E-state index contributed by atoms with van der Waals surface area (Å²) in [4.78, 5) is 13.0. The molecule has 0 aromatic heterocycles. The molecule has 4 N–H and O–H groups in total. The molecule has 2 aromatic rings. The normalized spacial score (nSPS) is 20.5. The minimum Gasteiger partial charge on any atom is -0.391 e. The molecule has 0 fully saturated rings. The first-order valence-electron chi connectivity index (χ1n) is 9.20. The molecule has 6 nitrogen and oxygen atoms in total. The van der Waals surface area contributed by atoms with Crippen molar-refractivity contribution in [2.75, 3.05) is 6.54 Å². The number of carbonyl (C=O) groups excluding carboxylic acids is 1. The predicted octanol–water partition coefficient (Wildman–Crippen LogP) is 2.40. The first-order valence-corrected chi connectivity index (χ1v) is 9.20. The number of nitrogens with zero attached hydrogens (tertiary/aromatic N) is 1. The number of aliphatic hydroxyl groups excluding tert-OH is 2. The summed E-state index contributed by atoms with van der Waals surface area (Å²) >= 11 is 0. The van der Waals surface area contributed by atoms with Gasteiger partial charge in [0.05, 0.1) is 24.8 Å². The van der Waals surface area contributed by atoms with Gasteiger partial charge >= 0.3 is 0 Å². The molecule has 0 heterocycles. The van der Waals surface area contributed by atoms with Crippen molar-refractivity contribution >= 4 is 5.91 Å². The van der Waals surface area contributed by atoms with Crippen LogP contribution in [-0.4, -0.2) is 34.9 Å². The summed E-state index contributed by atoms with van der Waals surface area (Å²) in [5.41, 5.74) is 9.91. The van der Waals surface area contributed by atoms with Crippen LogP contribution in [0.15, 0.2) is 59.7 Å². The van der Waals surface area contributed by atoms with Gasteiger partial charge in [-0.2, -0.15) is 5.11 Å². The summed E-state index contributed by atoms with van der Waals surface area (Å²) in [7, 11) is 0. The zero-order valence-electron chi connectivity index (χ0n) is 15.1. The van der Waals surface area contributed by atoms with E-state index in [9.17, 15) is 15.0 Å². The van der Waals surface area contributed by atoms with Gasteiger partial charge in [-0.1, -0.05) is 54.6 Å². The number of benzene rings is 2. The monoisotopic (exact) mass is 367 g/mol. The molecule has 0 aliphatic heterocycles. The fourth-order valence-electron chi connectivity index (χ4n) is 3.71. The molecular weight excluding hydrogens is 342 g/mol. The summed E-state index contributed by atoms with van der Waals surface area (Å²) < 4.78 is 0. The van der Waals surface area contributed by atoms with Crippen LogP contribution in [0, 0.1) is 11.4 Å². The number of aliphatic hydroxyl groups is 2. The van der Waals surface area contributed by atoms with Gasteiger partial charge in [0, 0.05) is 12.3 Å². The average Bonchev–Trinajstić information content (AvgIpc) is 2.97. The Morgan fingerprint density at radius 2 is 1.89 bits per heavy atom. The Hall–Kier alpha value is -2.57. The third-order valence-electron chi connectivity index (χ3n) is 5.06. The van der Waals surface area contributed by atoms with Crippen LogP contribution < -0.4 is 5.32 Å². The van der Waals surface area contributed by atoms with Gasteiger partial charge in [0.25, 0.3) is 0 Å². The zero-order valence-corrected chi connectivity index (χ0v) is 15.1. The fraction of sp³-hybridized carbons (Fsp3) is 0.381. The highest BCUT2D eigenvalue weighted by Crippen LogP contribution is 2.31.